The van der Waals surface area contributed by atoms with Crippen molar-refractivity contribution in [2.24, 2.45) is 5.92 Å². The number of anilines is 1. The van der Waals surface area contributed by atoms with Gasteiger partial charge >= 0.3 is 5.97 Å². The fraction of sp³-hybridized carbons (Fsp3) is 0.467. The fourth-order valence-electron chi connectivity index (χ4n) is 3.10. The van der Waals surface area contributed by atoms with E-state index < -0.39 is 5.97 Å². The minimum absolute atomic E-state index is 0.236. The first-order chi connectivity index (χ1) is 10.1. The molecule has 1 atom stereocenters. The summed E-state index contributed by atoms with van der Waals surface area (Å²) < 4.78 is 1.63. The molecule has 0 spiro atoms. The number of likely N-dealkylation sites (tertiary alicyclic amines) is 1. The number of fused-ring (bicyclic) bond motifs is 1. The molecule has 2 aromatic heterocycles. The third-order valence-electron chi connectivity index (χ3n) is 4.10. The van der Waals surface area contributed by atoms with Crippen LogP contribution in [-0.2, 0) is 0 Å². The van der Waals surface area contributed by atoms with Crippen LogP contribution in [0, 0.1) is 5.92 Å². The summed E-state index contributed by atoms with van der Waals surface area (Å²) in [7, 11) is 4.04. The summed E-state index contributed by atoms with van der Waals surface area (Å²) >= 11 is 0. The Balaban J connectivity index is 1.91. The molecule has 0 amide bonds. The molecule has 3 heterocycles. The molecule has 0 saturated carbocycles. The molecule has 6 heteroatoms. The highest BCUT2D eigenvalue weighted by molar-refractivity contribution is 5.93. The normalized spacial score (nSPS) is 19.2. The predicted molar refractivity (Wildman–Crippen MR) is 81.0 cm³/mol. The van der Waals surface area contributed by atoms with E-state index in [2.05, 4.69) is 16.9 Å². The second-order valence-electron chi connectivity index (χ2n) is 5.82. The number of hydrogen-bond acceptors (Lipinski definition) is 4. The summed E-state index contributed by atoms with van der Waals surface area (Å²) in [5, 5.41) is 9.51. The Morgan fingerprint density at radius 3 is 3.00 bits per heavy atom. The predicted octanol–water partition coefficient (Wildman–Crippen LogP) is 1.42. The number of nitrogens with zero attached hydrogens (tertiary/aromatic N) is 4. The molecule has 0 radical (unpaired) electrons. The Kier molecular flexibility index (Phi) is 3.55. The maximum Gasteiger partial charge on any atom is 0.356 e. The average Bonchev–Trinajstić information content (AvgIpc) is 3.02. The Morgan fingerprint density at radius 2 is 2.33 bits per heavy atom. The summed E-state index contributed by atoms with van der Waals surface area (Å²) in [5.41, 5.74) is 0.903. The minimum atomic E-state index is -0.945. The summed E-state index contributed by atoms with van der Waals surface area (Å²) in [5.74, 6) is 0.161. The lowest BCUT2D eigenvalue weighted by Crippen LogP contribution is -2.28. The molecular weight excluding hydrogens is 268 g/mol. The maximum atomic E-state index is 11.6. The second-order valence-corrected chi connectivity index (χ2v) is 5.82. The van der Waals surface area contributed by atoms with E-state index in [0.717, 1.165) is 26.1 Å². The van der Waals surface area contributed by atoms with Gasteiger partial charge in [-0.15, -0.1) is 0 Å². The van der Waals surface area contributed by atoms with Crippen molar-refractivity contribution >= 4 is 17.4 Å². The van der Waals surface area contributed by atoms with Crippen LogP contribution in [0.3, 0.4) is 0 Å². The molecule has 1 fully saturated rings. The lowest BCUT2D eigenvalue weighted by molar-refractivity contribution is 0.0690. The van der Waals surface area contributed by atoms with Gasteiger partial charge in [0.05, 0.1) is 0 Å². The molecular formula is C15H20N4O2. The number of aromatic nitrogens is 2. The molecule has 1 aliphatic heterocycles. The third kappa shape index (κ3) is 2.58. The largest absolute Gasteiger partial charge is 0.476 e. The highest BCUT2D eigenvalue weighted by Crippen LogP contribution is 2.23. The molecule has 1 N–H and O–H groups in total. The van der Waals surface area contributed by atoms with Gasteiger partial charge in [0.1, 0.15) is 5.65 Å². The fourth-order valence-corrected chi connectivity index (χ4v) is 3.10. The van der Waals surface area contributed by atoms with Crippen LogP contribution < -0.4 is 4.90 Å². The van der Waals surface area contributed by atoms with Gasteiger partial charge in [-0.25, -0.2) is 9.78 Å². The minimum Gasteiger partial charge on any atom is -0.476 e. The number of carboxylic acid groups (broad SMARTS) is 1. The van der Waals surface area contributed by atoms with Gasteiger partial charge in [0.25, 0.3) is 0 Å². The number of rotatable bonds is 4. The number of carboxylic acids is 1. The molecule has 3 rings (SSSR count). The molecule has 0 aliphatic carbocycles. The third-order valence-corrected chi connectivity index (χ3v) is 4.10. The van der Waals surface area contributed by atoms with Crippen molar-refractivity contribution in [3.8, 4) is 0 Å². The molecule has 1 saturated heterocycles. The molecule has 112 valence electrons. The van der Waals surface area contributed by atoms with Crippen LogP contribution >= 0.6 is 0 Å². The molecule has 1 aliphatic rings. The van der Waals surface area contributed by atoms with E-state index >= 15 is 0 Å². The molecule has 1 unspecified atom stereocenters. The van der Waals surface area contributed by atoms with Crippen LogP contribution in [0.5, 0.6) is 0 Å². The van der Waals surface area contributed by atoms with Crippen molar-refractivity contribution < 1.29 is 9.90 Å². The van der Waals surface area contributed by atoms with Gasteiger partial charge in [-0.2, -0.15) is 0 Å². The van der Waals surface area contributed by atoms with E-state index in [0.29, 0.717) is 17.4 Å². The van der Waals surface area contributed by atoms with E-state index in [1.165, 1.54) is 0 Å². The summed E-state index contributed by atoms with van der Waals surface area (Å²) in [6.07, 6.45) is 2.89. The van der Waals surface area contributed by atoms with E-state index in [9.17, 15) is 9.90 Å². The van der Waals surface area contributed by atoms with Crippen LogP contribution in [-0.4, -0.2) is 59.1 Å². The first kappa shape index (κ1) is 13.9. The standard InChI is InChI=1S/C15H20N4O2/c1-17-8-6-11(9-17)10-18(2)14-13(15(20)21)19-7-4-3-5-12(19)16-14/h3-5,7,11H,6,8-10H2,1-2H3,(H,20,21). The van der Waals surface area contributed by atoms with Crippen molar-refractivity contribution in [2.45, 2.75) is 6.42 Å². The number of pyridine rings is 1. The lowest BCUT2D eigenvalue weighted by Gasteiger charge is -2.21. The molecule has 21 heavy (non-hydrogen) atoms. The van der Waals surface area contributed by atoms with E-state index in [-0.39, 0.29) is 5.69 Å². The van der Waals surface area contributed by atoms with Crippen LogP contribution in [0.2, 0.25) is 0 Å². The Hall–Kier alpha value is -2.08. The Bertz CT molecular complexity index is 667. The summed E-state index contributed by atoms with van der Waals surface area (Å²) in [6.45, 7) is 2.99. The van der Waals surface area contributed by atoms with Crippen molar-refractivity contribution in [1.29, 1.82) is 0 Å². The van der Waals surface area contributed by atoms with Crippen molar-refractivity contribution in [3.63, 3.8) is 0 Å². The zero-order chi connectivity index (χ0) is 15.0. The summed E-state index contributed by atoms with van der Waals surface area (Å²) in [4.78, 5) is 20.4. The number of carbonyl (C=O) groups is 1. The quantitative estimate of drug-likeness (QED) is 0.922. The molecule has 2 aromatic rings. The lowest BCUT2D eigenvalue weighted by atomic mass is 10.1. The zero-order valence-corrected chi connectivity index (χ0v) is 12.4. The second kappa shape index (κ2) is 5.37. The molecule has 6 nitrogen and oxygen atoms in total. The van der Waals surface area contributed by atoms with Gasteiger partial charge in [-0.3, -0.25) is 4.40 Å². The van der Waals surface area contributed by atoms with Gasteiger partial charge in [0, 0.05) is 26.3 Å². The zero-order valence-electron chi connectivity index (χ0n) is 12.4. The van der Waals surface area contributed by atoms with Crippen molar-refractivity contribution in [3.05, 3.63) is 30.1 Å². The Labute approximate surface area is 123 Å². The van der Waals surface area contributed by atoms with Crippen molar-refractivity contribution in [1.82, 2.24) is 14.3 Å². The van der Waals surface area contributed by atoms with Crippen LogP contribution in [0.1, 0.15) is 16.9 Å². The van der Waals surface area contributed by atoms with E-state index in [1.807, 2.05) is 30.1 Å². The average molecular weight is 288 g/mol. The summed E-state index contributed by atoms with van der Waals surface area (Å²) in [6, 6.07) is 5.51. The van der Waals surface area contributed by atoms with Gasteiger partial charge in [0.15, 0.2) is 11.5 Å². The van der Waals surface area contributed by atoms with Gasteiger partial charge < -0.3 is 14.9 Å². The van der Waals surface area contributed by atoms with Crippen LogP contribution in [0.25, 0.3) is 5.65 Å². The molecule has 0 bridgehead atoms. The first-order valence-electron chi connectivity index (χ1n) is 7.16. The Morgan fingerprint density at radius 1 is 1.52 bits per heavy atom. The van der Waals surface area contributed by atoms with Gasteiger partial charge in [-0.1, -0.05) is 6.07 Å². The van der Waals surface area contributed by atoms with Crippen LogP contribution in [0.15, 0.2) is 24.4 Å². The monoisotopic (exact) mass is 288 g/mol. The number of hydrogen-bond donors (Lipinski definition) is 1. The van der Waals surface area contributed by atoms with E-state index in [4.69, 9.17) is 0 Å². The van der Waals surface area contributed by atoms with Gasteiger partial charge in [0.2, 0.25) is 0 Å². The molecule has 0 aromatic carbocycles. The number of aromatic carboxylic acids is 1. The highest BCUT2D eigenvalue weighted by atomic mass is 16.4. The smallest absolute Gasteiger partial charge is 0.356 e. The highest BCUT2D eigenvalue weighted by Gasteiger charge is 2.25. The topological polar surface area (TPSA) is 61.1 Å². The van der Waals surface area contributed by atoms with Crippen molar-refractivity contribution in [2.75, 3.05) is 38.6 Å². The van der Waals surface area contributed by atoms with Gasteiger partial charge in [-0.05, 0) is 38.1 Å². The first-order valence-corrected chi connectivity index (χ1v) is 7.16. The van der Waals surface area contributed by atoms with E-state index in [1.54, 1.807) is 10.6 Å². The van der Waals surface area contributed by atoms with Crippen LogP contribution in [0.4, 0.5) is 5.82 Å². The SMILES string of the molecule is CN1CCC(CN(C)c2nc3ccccn3c2C(=O)O)C1. The number of imidazole rings is 1. The maximum absolute atomic E-state index is 11.6.